The van der Waals surface area contributed by atoms with E-state index in [1.54, 1.807) is 24.3 Å². The predicted octanol–water partition coefficient (Wildman–Crippen LogP) is 6.21. The number of hydrogen-bond acceptors (Lipinski definition) is 3. The van der Waals surface area contributed by atoms with Crippen LogP contribution in [0.1, 0.15) is 10.4 Å². The Labute approximate surface area is 173 Å². The van der Waals surface area contributed by atoms with Gasteiger partial charge >= 0.3 is 0 Å². The minimum Gasteiger partial charge on any atom is -0.436 e. The molecule has 1 aromatic heterocycles. The van der Waals surface area contributed by atoms with Crippen molar-refractivity contribution in [2.75, 3.05) is 5.32 Å². The molecule has 0 saturated heterocycles. The summed E-state index contributed by atoms with van der Waals surface area (Å²) in [6, 6.07) is 11.2. The number of rotatable bonds is 3. The number of carbonyl (C=O) groups excluding carboxylic acids is 1. The van der Waals surface area contributed by atoms with Crippen molar-refractivity contribution < 1.29 is 31.2 Å². The molecular formula is C20H8BrF5N2O2. The van der Waals surface area contributed by atoms with E-state index in [4.69, 9.17) is 4.42 Å². The van der Waals surface area contributed by atoms with Crippen molar-refractivity contribution >= 4 is 38.6 Å². The second-order valence-electron chi connectivity index (χ2n) is 6.11. The lowest BCUT2D eigenvalue weighted by Crippen LogP contribution is -2.19. The number of hydrogen-bond donors (Lipinski definition) is 1. The molecule has 0 bridgehead atoms. The van der Waals surface area contributed by atoms with Crippen molar-refractivity contribution in [3.8, 4) is 11.5 Å². The molecule has 0 atom stereocenters. The quantitative estimate of drug-likeness (QED) is 0.214. The first-order valence-corrected chi connectivity index (χ1v) is 9.05. The molecule has 4 nitrogen and oxygen atoms in total. The summed E-state index contributed by atoms with van der Waals surface area (Å²) in [6.45, 7) is 0. The fourth-order valence-corrected chi connectivity index (χ4v) is 2.98. The summed E-state index contributed by atoms with van der Waals surface area (Å²) in [5.74, 6) is -12.4. The average molecular weight is 483 g/mol. The van der Waals surface area contributed by atoms with Crippen LogP contribution >= 0.6 is 15.9 Å². The molecule has 10 heteroatoms. The molecule has 1 amide bonds. The van der Waals surface area contributed by atoms with E-state index < -0.39 is 40.6 Å². The van der Waals surface area contributed by atoms with Crippen LogP contribution in [-0.2, 0) is 0 Å². The van der Waals surface area contributed by atoms with Gasteiger partial charge in [0, 0.05) is 15.7 Å². The lowest BCUT2D eigenvalue weighted by Gasteiger charge is -2.09. The van der Waals surface area contributed by atoms with Crippen LogP contribution in [0.4, 0.5) is 27.6 Å². The Morgan fingerprint density at radius 3 is 2.10 bits per heavy atom. The molecule has 4 aromatic rings. The average Bonchev–Trinajstić information content (AvgIpc) is 3.15. The lowest BCUT2D eigenvalue weighted by molar-refractivity contribution is 0.101. The molecule has 0 aliphatic carbocycles. The van der Waals surface area contributed by atoms with E-state index in [1.165, 1.54) is 18.2 Å². The summed E-state index contributed by atoms with van der Waals surface area (Å²) in [5.41, 5.74) is -0.207. The Bertz CT molecular complexity index is 1280. The van der Waals surface area contributed by atoms with Gasteiger partial charge in [-0.2, -0.15) is 0 Å². The van der Waals surface area contributed by atoms with Crippen LogP contribution in [-0.4, -0.2) is 10.9 Å². The standard InChI is InChI=1S/C20H8BrF5N2O2/c21-9-3-1-8(2-4-9)20-28-11-7-10(5-6-12(11)30-20)27-19(29)13-14(22)16(24)18(26)17(25)15(13)23/h1-7H,(H,27,29). The highest BCUT2D eigenvalue weighted by Gasteiger charge is 2.29. The smallest absolute Gasteiger partial charge is 0.261 e. The van der Waals surface area contributed by atoms with Gasteiger partial charge in [-0.05, 0) is 42.5 Å². The number of aromatic nitrogens is 1. The highest BCUT2D eigenvalue weighted by molar-refractivity contribution is 9.10. The van der Waals surface area contributed by atoms with Gasteiger partial charge in [0.2, 0.25) is 11.7 Å². The van der Waals surface area contributed by atoms with Gasteiger partial charge in [-0.25, -0.2) is 26.9 Å². The van der Waals surface area contributed by atoms with Gasteiger partial charge in [-0.3, -0.25) is 4.79 Å². The highest BCUT2D eigenvalue weighted by atomic mass is 79.9. The minimum atomic E-state index is -2.34. The molecule has 30 heavy (non-hydrogen) atoms. The molecule has 0 aliphatic heterocycles. The largest absolute Gasteiger partial charge is 0.436 e. The van der Waals surface area contributed by atoms with Gasteiger partial charge in [-0.15, -0.1) is 0 Å². The Balaban J connectivity index is 1.66. The Morgan fingerprint density at radius 2 is 1.47 bits per heavy atom. The van der Waals surface area contributed by atoms with Crippen LogP contribution in [0.3, 0.4) is 0 Å². The van der Waals surface area contributed by atoms with Crippen LogP contribution < -0.4 is 5.32 Å². The predicted molar refractivity (Wildman–Crippen MR) is 101 cm³/mol. The number of halogens is 6. The SMILES string of the molecule is O=C(Nc1ccc2oc(-c3ccc(Br)cc3)nc2c1)c1c(F)c(F)c(F)c(F)c1F. The molecule has 152 valence electrons. The van der Waals surface area contributed by atoms with E-state index in [2.05, 4.69) is 26.2 Å². The van der Waals surface area contributed by atoms with Crippen LogP contribution in [0.2, 0.25) is 0 Å². The van der Waals surface area contributed by atoms with Gasteiger partial charge < -0.3 is 9.73 Å². The van der Waals surface area contributed by atoms with Crippen molar-refractivity contribution in [1.29, 1.82) is 0 Å². The molecule has 1 heterocycles. The van der Waals surface area contributed by atoms with Gasteiger partial charge in [-0.1, -0.05) is 15.9 Å². The monoisotopic (exact) mass is 482 g/mol. The summed E-state index contributed by atoms with van der Waals surface area (Å²) in [7, 11) is 0. The van der Waals surface area contributed by atoms with Crippen molar-refractivity contribution in [2.24, 2.45) is 0 Å². The summed E-state index contributed by atoms with van der Waals surface area (Å²) in [5, 5.41) is 2.10. The lowest BCUT2D eigenvalue weighted by atomic mass is 10.1. The fraction of sp³-hybridized carbons (Fsp3) is 0. The van der Waals surface area contributed by atoms with Crippen LogP contribution in [0.5, 0.6) is 0 Å². The number of fused-ring (bicyclic) bond motifs is 1. The highest BCUT2D eigenvalue weighted by Crippen LogP contribution is 2.28. The molecular weight excluding hydrogens is 475 g/mol. The number of carbonyl (C=O) groups is 1. The van der Waals surface area contributed by atoms with Crippen molar-refractivity contribution in [1.82, 2.24) is 4.98 Å². The van der Waals surface area contributed by atoms with Crippen molar-refractivity contribution in [3.05, 3.63) is 81.6 Å². The fourth-order valence-electron chi connectivity index (χ4n) is 2.72. The van der Waals surface area contributed by atoms with E-state index in [0.29, 0.717) is 22.6 Å². The molecule has 0 unspecified atom stereocenters. The third kappa shape index (κ3) is 3.43. The number of benzene rings is 3. The van der Waals surface area contributed by atoms with E-state index in [9.17, 15) is 26.7 Å². The van der Waals surface area contributed by atoms with E-state index in [1.807, 2.05) is 0 Å². The summed E-state index contributed by atoms with van der Waals surface area (Å²) >= 11 is 3.31. The maximum Gasteiger partial charge on any atom is 0.261 e. The molecule has 4 rings (SSSR count). The van der Waals surface area contributed by atoms with Crippen LogP contribution in [0, 0.1) is 29.1 Å². The zero-order valence-corrected chi connectivity index (χ0v) is 16.2. The van der Waals surface area contributed by atoms with E-state index in [0.717, 1.165) is 4.47 Å². The number of anilines is 1. The number of oxazole rings is 1. The molecule has 3 aromatic carbocycles. The van der Waals surface area contributed by atoms with Gasteiger partial charge in [0.05, 0.1) is 0 Å². The maximum atomic E-state index is 13.8. The van der Waals surface area contributed by atoms with Gasteiger partial charge in [0.1, 0.15) is 11.1 Å². The first-order valence-electron chi connectivity index (χ1n) is 8.25. The van der Waals surface area contributed by atoms with E-state index >= 15 is 0 Å². The van der Waals surface area contributed by atoms with Crippen LogP contribution in [0.25, 0.3) is 22.6 Å². The normalized spacial score (nSPS) is 11.1. The molecule has 0 radical (unpaired) electrons. The third-order valence-electron chi connectivity index (χ3n) is 4.17. The molecule has 0 aliphatic rings. The van der Waals surface area contributed by atoms with Gasteiger partial charge in [0.15, 0.2) is 28.9 Å². The van der Waals surface area contributed by atoms with E-state index in [-0.39, 0.29) is 5.69 Å². The summed E-state index contributed by atoms with van der Waals surface area (Å²) < 4.78 is 73.9. The Hall–Kier alpha value is -3.27. The van der Waals surface area contributed by atoms with Gasteiger partial charge in [0.25, 0.3) is 5.91 Å². The molecule has 0 fully saturated rings. The first-order chi connectivity index (χ1) is 14.3. The topological polar surface area (TPSA) is 55.1 Å². The molecule has 0 saturated carbocycles. The third-order valence-corrected chi connectivity index (χ3v) is 4.70. The van der Waals surface area contributed by atoms with Crippen molar-refractivity contribution in [2.45, 2.75) is 0 Å². The molecule has 1 N–H and O–H groups in total. The molecule has 0 spiro atoms. The second-order valence-corrected chi connectivity index (χ2v) is 7.02. The zero-order chi connectivity index (χ0) is 21.6. The summed E-state index contributed by atoms with van der Waals surface area (Å²) in [6.07, 6.45) is 0. The number of nitrogens with one attached hydrogen (secondary N) is 1. The second kappa shape index (κ2) is 7.52. The van der Waals surface area contributed by atoms with Crippen molar-refractivity contribution in [3.63, 3.8) is 0 Å². The van der Waals surface area contributed by atoms with Crippen LogP contribution in [0.15, 0.2) is 51.4 Å². The maximum absolute atomic E-state index is 13.8. The zero-order valence-electron chi connectivity index (χ0n) is 14.6. The minimum absolute atomic E-state index is 0.0205. The first kappa shape index (κ1) is 20.0. The Kier molecular flexibility index (Phi) is 5.02. The number of nitrogens with zero attached hydrogens (tertiary/aromatic N) is 1. The summed E-state index contributed by atoms with van der Waals surface area (Å²) in [4.78, 5) is 16.4. The Morgan fingerprint density at radius 1 is 0.867 bits per heavy atom. The number of amides is 1.